The van der Waals surface area contributed by atoms with E-state index in [2.05, 4.69) is 15.4 Å². The molecule has 0 amide bonds. The minimum Gasteiger partial charge on any atom is -0.493 e. The molecule has 0 radical (unpaired) electrons. The summed E-state index contributed by atoms with van der Waals surface area (Å²) < 4.78 is 12.2. The number of aliphatic carboxylic acids is 1. The summed E-state index contributed by atoms with van der Waals surface area (Å²) in [7, 11) is 3.11. The van der Waals surface area contributed by atoms with Crippen LogP contribution in [0.25, 0.3) is 0 Å². The summed E-state index contributed by atoms with van der Waals surface area (Å²) in [4.78, 5) is 15.6. The molecule has 3 rings (SSSR count). The molecule has 1 aliphatic heterocycles. The Balaban J connectivity index is 2.11. The SMILES string of the molecule is COc1ccc([C@@H]2C=C(C(=O)O)Nc3nc(C)nn32)cc1OC. The number of benzene rings is 1. The van der Waals surface area contributed by atoms with Crippen LogP contribution in [0.3, 0.4) is 0 Å². The van der Waals surface area contributed by atoms with E-state index in [-0.39, 0.29) is 5.70 Å². The number of methoxy groups -OCH3 is 2. The molecule has 120 valence electrons. The lowest BCUT2D eigenvalue weighted by molar-refractivity contribution is -0.132. The molecule has 0 saturated heterocycles. The maximum Gasteiger partial charge on any atom is 0.352 e. The van der Waals surface area contributed by atoms with E-state index in [4.69, 9.17) is 9.47 Å². The standard InChI is InChI=1S/C15H16N4O4/c1-8-16-15-17-10(14(20)21)7-11(19(15)18-8)9-4-5-12(22-2)13(6-9)23-3/h4-7,11H,1-3H3,(H,20,21)(H,16,17,18)/t11-/m0/s1. The molecule has 0 fully saturated rings. The van der Waals surface area contributed by atoms with Gasteiger partial charge in [0.15, 0.2) is 11.5 Å². The molecule has 0 saturated carbocycles. The van der Waals surface area contributed by atoms with Crippen molar-refractivity contribution in [3.05, 3.63) is 41.4 Å². The number of anilines is 1. The minimum absolute atomic E-state index is 0.0599. The predicted octanol–water partition coefficient (Wildman–Crippen LogP) is 1.59. The van der Waals surface area contributed by atoms with Gasteiger partial charge < -0.3 is 19.9 Å². The van der Waals surface area contributed by atoms with E-state index in [0.717, 1.165) is 5.56 Å². The third-order valence-corrected chi connectivity index (χ3v) is 3.55. The molecule has 8 heteroatoms. The van der Waals surface area contributed by atoms with Crippen molar-refractivity contribution in [3.63, 3.8) is 0 Å². The summed E-state index contributed by atoms with van der Waals surface area (Å²) in [5.41, 5.74) is 0.874. The number of fused-ring (bicyclic) bond motifs is 1. The topological polar surface area (TPSA) is 98.5 Å². The molecule has 2 aromatic rings. The summed E-state index contributed by atoms with van der Waals surface area (Å²) in [6, 6.07) is 5.01. The van der Waals surface area contributed by atoms with Gasteiger partial charge >= 0.3 is 5.97 Å². The molecule has 2 N–H and O–H groups in total. The van der Waals surface area contributed by atoms with Crippen molar-refractivity contribution in [1.29, 1.82) is 0 Å². The Morgan fingerprint density at radius 1 is 1.30 bits per heavy atom. The summed E-state index contributed by atoms with van der Waals surface area (Å²) >= 11 is 0. The molecule has 1 aliphatic rings. The lowest BCUT2D eigenvalue weighted by atomic mass is 10.0. The second-order valence-electron chi connectivity index (χ2n) is 5.00. The van der Waals surface area contributed by atoms with Gasteiger partial charge in [-0.1, -0.05) is 6.07 Å². The first-order valence-corrected chi connectivity index (χ1v) is 6.90. The highest BCUT2D eigenvalue weighted by Gasteiger charge is 2.27. The lowest BCUT2D eigenvalue weighted by Gasteiger charge is -2.23. The van der Waals surface area contributed by atoms with Gasteiger partial charge in [-0.05, 0) is 30.7 Å². The van der Waals surface area contributed by atoms with Crippen LogP contribution in [-0.2, 0) is 4.79 Å². The van der Waals surface area contributed by atoms with Crippen LogP contribution < -0.4 is 14.8 Å². The quantitative estimate of drug-likeness (QED) is 0.883. The Bertz CT molecular complexity index is 797. The average Bonchev–Trinajstić information content (AvgIpc) is 2.93. The van der Waals surface area contributed by atoms with Gasteiger partial charge in [0, 0.05) is 0 Å². The Hall–Kier alpha value is -3.03. The van der Waals surface area contributed by atoms with Crippen molar-refractivity contribution in [2.75, 3.05) is 19.5 Å². The van der Waals surface area contributed by atoms with E-state index in [1.807, 2.05) is 6.07 Å². The van der Waals surface area contributed by atoms with Crippen molar-refractivity contribution >= 4 is 11.9 Å². The van der Waals surface area contributed by atoms with Gasteiger partial charge in [-0.15, -0.1) is 0 Å². The molecule has 0 aliphatic carbocycles. The fourth-order valence-electron chi connectivity index (χ4n) is 2.50. The fourth-order valence-corrected chi connectivity index (χ4v) is 2.50. The number of rotatable bonds is 4. The Morgan fingerprint density at radius 3 is 2.70 bits per heavy atom. The van der Waals surface area contributed by atoms with Crippen molar-refractivity contribution in [3.8, 4) is 11.5 Å². The number of nitrogens with one attached hydrogen (secondary N) is 1. The van der Waals surface area contributed by atoms with Gasteiger partial charge in [-0.25, -0.2) is 9.48 Å². The van der Waals surface area contributed by atoms with Gasteiger partial charge in [0.1, 0.15) is 17.6 Å². The van der Waals surface area contributed by atoms with E-state index in [0.29, 0.717) is 23.3 Å². The van der Waals surface area contributed by atoms with E-state index >= 15 is 0 Å². The zero-order valence-corrected chi connectivity index (χ0v) is 12.9. The van der Waals surface area contributed by atoms with Crippen molar-refractivity contribution in [2.45, 2.75) is 13.0 Å². The normalized spacial score (nSPS) is 16.1. The smallest absolute Gasteiger partial charge is 0.352 e. The predicted molar refractivity (Wildman–Crippen MR) is 81.8 cm³/mol. The molecular weight excluding hydrogens is 300 g/mol. The molecule has 8 nitrogen and oxygen atoms in total. The zero-order chi connectivity index (χ0) is 16.6. The molecule has 1 aromatic heterocycles. The summed E-state index contributed by atoms with van der Waals surface area (Å²) in [5, 5.41) is 16.4. The number of carboxylic acids is 1. The van der Waals surface area contributed by atoms with Crippen LogP contribution in [-0.4, -0.2) is 40.1 Å². The third kappa shape index (κ3) is 2.59. The van der Waals surface area contributed by atoms with Gasteiger partial charge in [-0.3, -0.25) is 0 Å². The number of aryl methyl sites for hydroxylation is 1. The monoisotopic (exact) mass is 316 g/mol. The van der Waals surface area contributed by atoms with Crippen molar-refractivity contribution in [1.82, 2.24) is 14.8 Å². The summed E-state index contributed by atoms with van der Waals surface area (Å²) in [6.07, 6.45) is 1.59. The molecule has 2 heterocycles. The number of nitrogens with zero attached hydrogens (tertiary/aromatic N) is 3. The van der Waals surface area contributed by atoms with Crippen LogP contribution >= 0.6 is 0 Å². The van der Waals surface area contributed by atoms with Gasteiger partial charge in [0.2, 0.25) is 5.95 Å². The Kier molecular flexibility index (Phi) is 3.65. The van der Waals surface area contributed by atoms with Crippen LogP contribution in [0.1, 0.15) is 17.4 Å². The highest BCUT2D eigenvalue weighted by atomic mass is 16.5. The van der Waals surface area contributed by atoms with Crippen LogP contribution in [0.2, 0.25) is 0 Å². The first-order chi connectivity index (χ1) is 11.0. The van der Waals surface area contributed by atoms with E-state index in [1.165, 1.54) is 0 Å². The average molecular weight is 316 g/mol. The molecule has 0 unspecified atom stereocenters. The first kappa shape index (κ1) is 14.9. The second kappa shape index (κ2) is 5.64. The maximum absolute atomic E-state index is 11.3. The highest BCUT2D eigenvalue weighted by Crippen LogP contribution is 2.34. The third-order valence-electron chi connectivity index (χ3n) is 3.55. The summed E-state index contributed by atoms with van der Waals surface area (Å²) in [6.45, 7) is 1.75. The van der Waals surface area contributed by atoms with E-state index in [9.17, 15) is 9.90 Å². The first-order valence-electron chi connectivity index (χ1n) is 6.90. The van der Waals surface area contributed by atoms with Crippen LogP contribution in [0, 0.1) is 6.92 Å². The van der Waals surface area contributed by atoms with E-state index < -0.39 is 12.0 Å². The van der Waals surface area contributed by atoms with Crippen LogP contribution in [0.5, 0.6) is 11.5 Å². The van der Waals surface area contributed by atoms with E-state index in [1.54, 1.807) is 44.0 Å². The summed E-state index contributed by atoms with van der Waals surface area (Å²) in [5.74, 6) is 1.05. The lowest BCUT2D eigenvalue weighted by Crippen LogP contribution is -2.24. The van der Waals surface area contributed by atoms with Gasteiger partial charge in [0.05, 0.1) is 14.2 Å². The van der Waals surface area contributed by atoms with Crippen molar-refractivity contribution in [2.24, 2.45) is 0 Å². The second-order valence-corrected chi connectivity index (χ2v) is 5.00. The molecule has 23 heavy (non-hydrogen) atoms. The van der Waals surface area contributed by atoms with Crippen LogP contribution in [0.4, 0.5) is 5.95 Å². The fraction of sp³-hybridized carbons (Fsp3) is 0.267. The number of carbonyl (C=O) groups is 1. The maximum atomic E-state index is 11.3. The highest BCUT2D eigenvalue weighted by molar-refractivity contribution is 5.90. The number of allylic oxidation sites excluding steroid dienone is 1. The molecule has 0 bridgehead atoms. The van der Waals surface area contributed by atoms with Gasteiger partial charge in [-0.2, -0.15) is 10.1 Å². The Morgan fingerprint density at radius 2 is 2.04 bits per heavy atom. The zero-order valence-electron chi connectivity index (χ0n) is 12.9. The minimum atomic E-state index is -1.05. The molecular formula is C15H16N4O4. The number of hydrogen-bond donors (Lipinski definition) is 2. The number of ether oxygens (including phenoxy) is 2. The number of hydrogen-bond acceptors (Lipinski definition) is 6. The van der Waals surface area contributed by atoms with Gasteiger partial charge in [0.25, 0.3) is 0 Å². The molecule has 1 atom stereocenters. The number of carboxylic acid groups (broad SMARTS) is 1. The largest absolute Gasteiger partial charge is 0.493 e. The van der Waals surface area contributed by atoms with Crippen LogP contribution in [0.15, 0.2) is 30.0 Å². The molecule has 1 aromatic carbocycles. The number of aromatic nitrogens is 3. The molecule has 0 spiro atoms. The Labute approximate surface area is 132 Å². The van der Waals surface area contributed by atoms with Crippen molar-refractivity contribution < 1.29 is 19.4 Å².